The molecule has 3 heteroatoms. The second-order valence-electron chi connectivity index (χ2n) is 5.38. The predicted molar refractivity (Wildman–Crippen MR) is 76.9 cm³/mol. The van der Waals surface area contributed by atoms with Gasteiger partial charge in [-0.3, -0.25) is 4.90 Å². The molecular formula is C15H25N3. The van der Waals surface area contributed by atoms with Gasteiger partial charge in [0.2, 0.25) is 0 Å². The van der Waals surface area contributed by atoms with Gasteiger partial charge in [0.05, 0.1) is 0 Å². The van der Waals surface area contributed by atoms with Gasteiger partial charge in [-0.1, -0.05) is 12.1 Å². The lowest BCUT2D eigenvalue weighted by Gasteiger charge is -2.30. The maximum Gasteiger partial charge on any atom is 0.0427 e. The van der Waals surface area contributed by atoms with Crippen LogP contribution in [0.1, 0.15) is 28.3 Å². The van der Waals surface area contributed by atoms with Crippen LogP contribution in [-0.4, -0.2) is 37.6 Å². The molecule has 0 aliphatic carbocycles. The number of rotatable bonds is 3. The Hall–Kier alpha value is -0.900. The number of aryl methyl sites for hydroxylation is 1. The zero-order valence-electron chi connectivity index (χ0n) is 11.8. The van der Waals surface area contributed by atoms with Crippen molar-refractivity contribution < 1.29 is 0 Å². The largest absolute Gasteiger partial charge is 0.323 e. The van der Waals surface area contributed by atoms with E-state index in [4.69, 9.17) is 5.73 Å². The number of hydrogen-bond donors (Lipinski definition) is 2. The molecule has 1 fully saturated rings. The highest BCUT2D eigenvalue weighted by Gasteiger charge is 2.16. The summed E-state index contributed by atoms with van der Waals surface area (Å²) in [5.74, 6) is 0. The number of nitrogens with one attached hydrogen (secondary N) is 1. The van der Waals surface area contributed by atoms with Gasteiger partial charge in [-0.05, 0) is 43.0 Å². The van der Waals surface area contributed by atoms with Crippen LogP contribution in [0.25, 0.3) is 0 Å². The summed E-state index contributed by atoms with van der Waals surface area (Å²) >= 11 is 0. The average Bonchev–Trinajstić information content (AvgIpc) is 2.37. The van der Waals surface area contributed by atoms with Crippen LogP contribution in [0.2, 0.25) is 0 Å². The number of piperazine rings is 1. The van der Waals surface area contributed by atoms with Crippen molar-refractivity contribution in [2.45, 2.75) is 26.8 Å². The summed E-state index contributed by atoms with van der Waals surface area (Å²) < 4.78 is 0. The zero-order valence-corrected chi connectivity index (χ0v) is 11.8. The molecule has 0 radical (unpaired) electrons. The molecule has 0 amide bonds. The van der Waals surface area contributed by atoms with E-state index < -0.39 is 0 Å². The Kier molecular flexibility index (Phi) is 4.38. The van der Waals surface area contributed by atoms with Crippen molar-refractivity contribution >= 4 is 0 Å². The molecule has 1 heterocycles. The molecule has 2 rings (SSSR count). The van der Waals surface area contributed by atoms with Crippen LogP contribution in [0, 0.1) is 20.8 Å². The molecule has 0 bridgehead atoms. The van der Waals surface area contributed by atoms with Crippen LogP contribution >= 0.6 is 0 Å². The van der Waals surface area contributed by atoms with E-state index >= 15 is 0 Å². The van der Waals surface area contributed by atoms with Crippen molar-refractivity contribution in [3.05, 3.63) is 34.4 Å². The Morgan fingerprint density at radius 3 is 2.50 bits per heavy atom. The van der Waals surface area contributed by atoms with E-state index in [1.165, 1.54) is 22.3 Å². The van der Waals surface area contributed by atoms with Crippen LogP contribution in [0.3, 0.4) is 0 Å². The topological polar surface area (TPSA) is 41.3 Å². The number of nitrogens with two attached hydrogens (primary N) is 1. The van der Waals surface area contributed by atoms with E-state index in [0.717, 1.165) is 32.7 Å². The highest BCUT2D eigenvalue weighted by atomic mass is 15.2. The van der Waals surface area contributed by atoms with E-state index in [-0.39, 0.29) is 6.04 Å². The van der Waals surface area contributed by atoms with Crippen molar-refractivity contribution in [3.8, 4) is 0 Å². The molecule has 3 N–H and O–H groups in total. The van der Waals surface area contributed by atoms with Crippen LogP contribution in [0.4, 0.5) is 0 Å². The van der Waals surface area contributed by atoms with Gasteiger partial charge in [-0.25, -0.2) is 0 Å². The molecule has 1 unspecified atom stereocenters. The summed E-state index contributed by atoms with van der Waals surface area (Å²) in [6, 6.07) is 4.52. The lowest BCUT2D eigenvalue weighted by molar-refractivity contribution is 0.228. The minimum atomic E-state index is 0.127. The number of benzene rings is 1. The quantitative estimate of drug-likeness (QED) is 0.851. The van der Waals surface area contributed by atoms with Crippen LogP contribution in [0.15, 0.2) is 12.1 Å². The lowest BCUT2D eigenvalue weighted by Crippen LogP contribution is -2.46. The van der Waals surface area contributed by atoms with Crippen LogP contribution in [-0.2, 0) is 0 Å². The Balaban J connectivity index is 2.08. The van der Waals surface area contributed by atoms with E-state index in [1.54, 1.807) is 0 Å². The SMILES string of the molecule is Cc1ccc(C(N)CN2CCNCC2)c(C)c1C. The molecule has 100 valence electrons. The summed E-state index contributed by atoms with van der Waals surface area (Å²) in [4.78, 5) is 2.45. The normalized spacial score (nSPS) is 18.9. The minimum absolute atomic E-state index is 0.127. The third-order valence-electron chi connectivity index (χ3n) is 4.16. The molecular weight excluding hydrogens is 222 g/mol. The van der Waals surface area contributed by atoms with Gasteiger partial charge in [-0.15, -0.1) is 0 Å². The van der Waals surface area contributed by atoms with Crippen molar-refractivity contribution in [1.82, 2.24) is 10.2 Å². The zero-order chi connectivity index (χ0) is 13.1. The summed E-state index contributed by atoms with van der Waals surface area (Å²) in [6.45, 7) is 11.9. The maximum atomic E-state index is 6.38. The van der Waals surface area contributed by atoms with Gasteiger partial charge >= 0.3 is 0 Å². The van der Waals surface area contributed by atoms with E-state index in [2.05, 4.69) is 43.1 Å². The lowest BCUT2D eigenvalue weighted by atomic mass is 9.94. The molecule has 1 aromatic rings. The van der Waals surface area contributed by atoms with Crippen LogP contribution in [0.5, 0.6) is 0 Å². The minimum Gasteiger partial charge on any atom is -0.323 e. The van der Waals surface area contributed by atoms with Crippen molar-refractivity contribution in [2.75, 3.05) is 32.7 Å². The molecule has 0 spiro atoms. The van der Waals surface area contributed by atoms with E-state index in [0.29, 0.717) is 0 Å². The fourth-order valence-corrected chi connectivity index (χ4v) is 2.65. The van der Waals surface area contributed by atoms with Gasteiger partial charge in [-0.2, -0.15) is 0 Å². The monoisotopic (exact) mass is 247 g/mol. The van der Waals surface area contributed by atoms with E-state index in [1.807, 2.05) is 0 Å². The first-order valence-electron chi connectivity index (χ1n) is 6.85. The Morgan fingerprint density at radius 1 is 1.17 bits per heavy atom. The molecule has 1 aliphatic heterocycles. The highest BCUT2D eigenvalue weighted by Crippen LogP contribution is 2.22. The molecule has 1 atom stereocenters. The second kappa shape index (κ2) is 5.83. The van der Waals surface area contributed by atoms with Gasteiger partial charge in [0.1, 0.15) is 0 Å². The van der Waals surface area contributed by atoms with Gasteiger partial charge in [0.25, 0.3) is 0 Å². The first-order chi connectivity index (χ1) is 8.59. The molecule has 0 aromatic heterocycles. The third-order valence-corrected chi connectivity index (χ3v) is 4.16. The summed E-state index contributed by atoms with van der Waals surface area (Å²) in [7, 11) is 0. The smallest absolute Gasteiger partial charge is 0.0427 e. The van der Waals surface area contributed by atoms with Crippen molar-refractivity contribution in [3.63, 3.8) is 0 Å². The number of hydrogen-bond acceptors (Lipinski definition) is 3. The maximum absolute atomic E-state index is 6.38. The second-order valence-corrected chi connectivity index (χ2v) is 5.38. The third kappa shape index (κ3) is 2.91. The molecule has 18 heavy (non-hydrogen) atoms. The molecule has 1 saturated heterocycles. The number of nitrogens with zero attached hydrogens (tertiary/aromatic N) is 1. The summed E-state index contributed by atoms with van der Waals surface area (Å²) in [6.07, 6.45) is 0. The molecule has 1 aromatic carbocycles. The fraction of sp³-hybridized carbons (Fsp3) is 0.600. The summed E-state index contributed by atoms with van der Waals surface area (Å²) in [5, 5.41) is 3.37. The van der Waals surface area contributed by atoms with Crippen molar-refractivity contribution in [1.29, 1.82) is 0 Å². The fourth-order valence-electron chi connectivity index (χ4n) is 2.65. The highest BCUT2D eigenvalue weighted by molar-refractivity contribution is 5.40. The predicted octanol–water partition coefficient (Wildman–Crippen LogP) is 1.52. The first kappa shape index (κ1) is 13.5. The first-order valence-corrected chi connectivity index (χ1v) is 6.85. The molecule has 0 saturated carbocycles. The van der Waals surface area contributed by atoms with E-state index in [9.17, 15) is 0 Å². The van der Waals surface area contributed by atoms with Gasteiger partial charge in [0.15, 0.2) is 0 Å². The van der Waals surface area contributed by atoms with Crippen LogP contribution < -0.4 is 11.1 Å². The molecule has 3 nitrogen and oxygen atoms in total. The Labute approximate surface area is 110 Å². The average molecular weight is 247 g/mol. The standard InChI is InChI=1S/C15H25N3/c1-11-4-5-14(13(3)12(11)2)15(16)10-18-8-6-17-7-9-18/h4-5,15,17H,6-10,16H2,1-3H3. The Morgan fingerprint density at radius 2 is 1.83 bits per heavy atom. The summed E-state index contributed by atoms with van der Waals surface area (Å²) in [5.41, 5.74) is 11.8. The van der Waals surface area contributed by atoms with Gasteiger partial charge in [0, 0.05) is 38.8 Å². The molecule has 1 aliphatic rings. The van der Waals surface area contributed by atoms with Crippen molar-refractivity contribution in [2.24, 2.45) is 5.73 Å². The van der Waals surface area contributed by atoms with Gasteiger partial charge < -0.3 is 11.1 Å². The Bertz CT molecular complexity index is 408.